The first kappa shape index (κ1) is 23.7. The van der Waals surface area contributed by atoms with Gasteiger partial charge in [0.1, 0.15) is 11.5 Å². The van der Waals surface area contributed by atoms with Crippen molar-refractivity contribution >= 4 is 34.8 Å². The number of halogens is 1. The Morgan fingerprint density at radius 1 is 1.08 bits per heavy atom. The summed E-state index contributed by atoms with van der Waals surface area (Å²) in [6.07, 6.45) is 1.50. The number of piperidine rings is 1. The van der Waals surface area contributed by atoms with Gasteiger partial charge in [0.05, 0.1) is 10.7 Å². The van der Waals surface area contributed by atoms with Gasteiger partial charge in [-0.25, -0.2) is 14.2 Å². The third-order valence-corrected chi connectivity index (χ3v) is 7.22. The number of carbonyl (C=O) groups excluding carboxylic acids is 2. The topological polar surface area (TPSA) is 103 Å². The fourth-order valence-electron chi connectivity index (χ4n) is 4.11. The molecular weight excluding hydrogens is 479 g/mol. The van der Waals surface area contributed by atoms with Crippen LogP contribution in [0, 0.1) is 12.7 Å². The highest BCUT2D eigenvalue weighted by atomic mass is 32.1. The fraction of sp³-hybridized carbons (Fsp3) is 0.231. The molecule has 0 aliphatic carbocycles. The van der Waals surface area contributed by atoms with E-state index in [0.29, 0.717) is 35.9 Å². The maximum Gasteiger partial charge on any atom is 0.323 e. The number of carbonyl (C=O) groups is 2. The highest BCUT2D eigenvalue weighted by Gasteiger charge is 2.27. The summed E-state index contributed by atoms with van der Waals surface area (Å²) in [6, 6.07) is 16.0. The molecule has 0 spiro atoms. The number of nitrogens with zero attached hydrogens (tertiary/aromatic N) is 3. The van der Waals surface area contributed by atoms with Crippen molar-refractivity contribution in [1.29, 1.82) is 0 Å². The van der Waals surface area contributed by atoms with Gasteiger partial charge in [0.2, 0.25) is 0 Å². The van der Waals surface area contributed by atoms with Crippen LogP contribution >= 0.6 is 11.3 Å². The molecule has 1 aliphatic heterocycles. The second-order valence-corrected chi connectivity index (χ2v) is 9.60. The molecule has 0 atom stereocenters. The maximum absolute atomic E-state index is 13.8. The van der Waals surface area contributed by atoms with E-state index < -0.39 is 0 Å². The number of likely N-dealkylation sites (tertiary alicyclic amines) is 1. The van der Waals surface area contributed by atoms with Crippen molar-refractivity contribution in [2.75, 3.05) is 23.7 Å². The summed E-state index contributed by atoms with van der Waals surface area (Å²) < 4.78 is 13.8. The van der Waals surface area contributed by atoms with E-state index in [4.69, 9.17) is 0 Å². The van der Waals surface area contributed by atoms with Gasteiger partial charge in [-0.05, 0) is 43.0 Å². The molecule has 36 heavy (non-hydrogen) atoms. The first-order chi connectivity index (χ1) is 17.5. The number of hydrogen-bond donors (Lipinski definition) is 3. The van der Waals surface area contributed by atoms with E-state index in [2.05, 4.69) is 25.8 Å². The second kappa shape index (κ2) is 10.3. The number of aromatic nitrogens is 3. The molecule has 3 heterocycles. The Balaban J connectivity index is 1.14. The highest BCUT2D eigenvalue weighted by molar-refractivity contribution is 7.10. The molecule has 0 radical (unpaired) electrons. The van der Waals surface area contributed by atoms with Crippen molar-refractivity contribution in [2.24, 2.45) is 0 Å². The monoisotopic (exact) mass is 504 g/mol. The third kappa shape index (κ3) is 5.28. The lowest BCUT2D eigenvalue weighted by molar-refractivity contribution is 0.102. The van der Waals surface area contributed by atoms with Crippen molar-refractivity contribution in [3.8, 4) is 11.3 Å². The van der Waals surface area contributed by atoms with Crippen LogP contribution in [0.4, 0.5) is 20.7 Å². The van der Waals surface area contributed by atoms with Crippen LogP contribution in [0.25, 0.3) is 11.3 Å². The molecule has 0 saturated carbocycles. The lowest BCUT2D eigenvalue weighted by Gasteiger charge is -2.30. The smallest absolute Gasteiger partial charge is 0.323 e. The van der Waals surface area contributed by atoms with E-state index >= 15 is 0 Å². The third-order valence-electron chi connectivity index (χ3n) is 6.21. The number of aryl methyl sites for hydroxylation is 1. The van der Waals surface area contributed by atoms with Crippen LogP contribution in [0.3, 0.4) is 0 Å². The van der Waals surface area contributed by atoms with E-state index in [1.807, 2.05) is 36.4 Å². The molecular formula is C26H25FN6O2S. The Morgan fingerprint density at radius 3 is 2.61 bits per heavy atom. The van der Waals surface area contributed by atoms with Crippen LogP contribution in [-0.2, 0) is 0 Å². The molecule has 4 aromatic rings. The van der Waals surface area contributed by atoms with Gasteiger partial charge in [0, 0.05) is 36.1 Å². The average Bonchev–Trinajstić information content (AvgIpc) is 3.57. The Bertz CT molecular complexity index is 1380. The number of hydrogen-bond acceptors (Lipinski definition) is 5. The Morgan fingerprint density at radius 2 is 1.86 bits per heavy atom. The van der Waals surface area contributed by atoms with Gasteiger partial charge >= 0.3 is 6.03 Å². The van der Waals surface area contributed by atoms with E-state index in [-0.39, 0.29) is 23.7 Å². The quantitative estimate of drug-likeness (QED) is 0.327. The summed E-state index contributed by atoms with van der Waals surface area (Å²) in [7, 11) is 0. The Kier molecular flexibility index (Phi) is 6.77. The number of anilines is 2. The zero-order chi connectivity index (χ0) is 25.1. The average molecular weight is 505 g/mol. The molecule has 1 aliphatic rings. The van der Waals surface area contributed by atoms with Crippen molar-refractivity contribution < 1.29 is 14.0 Å². The summed E-state index contributed by atoms with van der Waals surface area (Å²) in [4.78, 5) is 31.6. The summed E-state index contributed by atoms with van der Waals surface area (Å²) >= 11 is 1.43. The summed E-state index contributed by atoms with van der Waals surface area (Å²) in [5.74, 6) is -0.0876. The number of benzene rings is 2. The molecule has 1 fully saturated rings. The molecule has 0 unspecified atom stereocenters. The molecule has 3 N–H and O–H groups in total. The van der Waals surface area contributed by atoms with Gasteiger partial charge in [0.25, 0.3) is 5.91 Å². The molecule has 0 bridgehead atoms. The number of rotatable bonds is 5. The lowest BCUT2D eigenvalue weighted by Crippen LogP contribution is -2.40. The van der Waals surface area contributed by atoms with Gasteiger partial charge in [-0.3, -0.25) is 15.2 Å². The predicted octanol–water partition coefficient (Wildman–Crippen LogP) is 5.64. The van der Waals surface area contributed by atoms with Crippen LogP contribution in [0.2, 0.25) is 0 Å². The summed E-state index contributed by atoms with van der Waals surface area (Å²) in [5, 5.41) is 15.3. The first-order valence-electron chi connectivity index (χ1n) is 11.7. The van der Waals surface area contributed by atoms with Crippen molar-refractivity contribution in [3.05, 3.63) is 82.1 Å². The van der Waals surface area contributed by atoms with E-state index in [0.717, 1.165) is 29.1 Å². The predicted molar refractivity (Wildman–Crippen MR) is 138 cm³/mol. The van der Waals surface area contributed by atoms with E-state index in [9.17, 15) is 14.0 Å². The van der Waals surface area contributed by atoms with E-state index in [1.165, 1.54) is 17.4 Å². The number of nitrogens with one attached hydrogen (secondary N) is 3. The first-order valence-corrected chi connectivity index (χ1v) is 12.5. The minimum absolute atomic E-state index is 0.174. The normalized spacial score (nSPS) is 14.0. The van der Waals surface area contributed by atoms with Crippen LogP contribution in [0.5, 0.6) is 0 Å². The van der Waals surface area contributed by atoms with Gasteiger partial charge < -0.3 is 10.2 Å². The number of thiazole rings is 1. The van der Waals surface area contributed by atoms with Crippen molar-refractivity contribution in [1.82, 2.24) is 20.1 Å². The van der Waals surface area contributed by atoms with Crippen LogP contribution < -0.4 is 10.6 Å². The molecule has 10 heteroatoms. The van der Waals surface area contributed by atoms with Crippen LogP contribution in [-0.4, -0.2) is 45.1 Å². The molecule has 2 aromatic carbocycles. The zero-order valence-electron chi connectivity index (χ0n) is 19.6. The molecule has 3 amide bonds. The summed E-state index contributed by atoms with van der Waals surface area (Å²) in [5.41, 5.74) is 3.05. The molecule has 184 valence electrons. The second-order valence-electron chi connectivity index (χ2n) is 8.71. The molecule has 8 nitrogen and oxygen atoms in total. The van der Waals surface area contributed by atoms with E-state index in [1.54, 1.807) is 29.3 Å². The molecule has 5 rings (SSSR count). The van der Waals surface area contributed by atoms with Gasteiger partial charge in [-0.15, -0.1) is 11.3 Å². The van der Waals surface area contributed by atoms with Crippen LogP contribution in [0.15, 0.2) is 60.0 Å². The summed E-state index contributed by atoms with van der Waals surface area (Å²) in [6.45, 7) is 2.83. The highest BCUT2D eigenvalue weighted by Crippen LogP contribution is 2.31. The van der Waals surface area contributed by atoms with Crippen molar-refractivity contribution in [2.45, 2.75) is 25.7 Å². The fourth-order valence-corrected chi connectivity index (χ4v) is 5.09. The largest absolute Gasteiger partial charge is 0.324 e. The van der Waals surface area contributed by atoms with Crippen molar-refractivity contribution in [3.63, 3.8) is 0 Å². The number of amides is 3. The minimum Gasteiger partial charge on any atom is -0.324 e. The molecule has 2 aromatic heterocycles. The minimum atomic E-state index is -0.369. The number of H-pyrrole nitrogens is 1. The Hall–Kier alpha value is -4.05. The Labute approximate surface area is 211 Å². The maximum atomic E-state index is 13.8. The number of aromatic amines is 1. The van der Waals surface area contributed by atoms with Crippen LogP contribution in [0.1, 0.15) is 39.8 Å². The SMILES string of the molecule is Cc1ccc(NC(=O)c2csc(C3CCN(C(=O)Nc4cc(-c5ccccc5)[nH]n4)CC3)n2)cc1F. The zero-order valence-corrected chi connectivity index (χ0v) is 20.4. The van der Waals surface area contributed by atoms with Gasteiger partial charge in [-0.1, -0.05) is 36.4 Å². The van der Waals surface area contributed by atoms with Gasteiger partial charge in [-0.2, -0.15) is 5.10 Å². The van der Waals surface area contributed by atoms with Gasteiger partial charge in [0.15, 0.2) is 5.82 Å². The lowest BCUT2D eigenvalue weighted by atomic mass is 9.98. The molecule has 1 saturated heterocycles. The standard InChI is InChI=1S/C26H25FN6O2S/c1-16-7-8-19(13-20(16)27)28-24(34)22-15-36-25(29-22)18-9-11-33(12-10-18)26(35)30-23-14-21(31-32-23)17-5-3-2-4-6-17/h2-8,13-15,18H,9-12H2,1H3,(H,28,34)(H2,30,31,32,35). The number of urea groups is 1.